The molecule has 2 saturated heterocycles. The zero-order valence-electron chi connectivity index (χ0n) is 11.6. The van der Waals surface area contributed by atoms with Crippen molar-refractivity contribution < 1.29 is 9.18 Å². The summed E-state index contributed by atoms with van der Waals surface area (Å²) < 4.78 is 14.1. The van der Waals surface area contributed by atoms with Crippen molar-refractivity contribution in [1.82, 2.24) is 5.32 Å². The standard InChI is InChI=1S/C15H20FN3O/c1-9(17)14-11(16)5-2-6-12(14)19-7-3-4-10-13(19)8-18-15(10)20/h2,5-6,9-10,13H,3-4,7-8,17H2,1H3,(H,18,20). The Morgan fingerprint density at radius 2 is 2.30 bits per heavy atom. The number of amides is 1. The zero-order chi connectivity index (χ0) is 14.3. The summed E-state index contributed by atoms with van der Waals surface area (Å²) in [7, 11) is 0. The van der Waals surface area contributed by atoms with Crippen molar-refractivity contribution in [3.63, 3.8) is 0 Å². The monoisotopic (exact) mass is 277 g/mol. The molecule has 0 radical (unpaired) electrons. The lowest BCUT2D eigenvalue weighted by Gasteiger charge is -2.39. The van der Waals surface area contributed by atoms with E-state index in [1.54, 1.807) is 13.0 Å². The van der Waals surface area contributed by atoms with Crippen LogP contribution in [0.25, 0.3) is 0 Å². The molecule has 3 N–H and O–H groups in total. The molecule has 5 heteroatoms. The normalized spacial score (nSPS) is 27.1. The Kier molecular flexibility index (Phi) is 3.38. The Hall–Kier alpha value is -1.62. The molecule has 0 saturated carbocycles. The van der Waals surface area contributed by atoms with Gasteiger partial charge < -0.3 is 16.0 Å². The maximum atomic E-state index is 14.1. The predicted molar refractivity (Wildman–Crippen MR) is 75.9 cm³/mol. The highest BCUT2D eigenvalue weighted by atomic mass is 19.1. The second kappa shape index (κ2) is 5.05. The minimum atomic E-state index is -0.364. The van der Waals surface area contributed by atoms with E-state index in [1.807, 2.05) is 6.07 Å². The molecule has 0 aromatic heterocycles. The van der Waals surface area contributed by atoms with Gasteiger partial charge in [0.1, 0.15) is 5.82 Å². The summed E-state index contributed by atoms with van der Waals surface area (Å²) in [5.74, 6) is -0.122. The Morgan fingerprint density at radius 3 is 3.05 bits per heavy atom. The van der Waals surface area contributed by atoms with Crippen molar-refractivity contribution in [2.45, 2.75) is 31.8 Å². The van der Waals surface area contributed by atoms with E-state index in [2.05, 4.69) is 10.2 Å². The molecule has 0 bridgehead atoms. The number of rotatable bonds is 2. The van der Waals surface area contributed by atoms with Crippen LogP contribution >= 0.6 is 0 Å². The Bertz CT molecular complexity index is 532. The number of nitrogens with two attached hydrogens (primary N) is 1. The van der Waals surface area contributed by atoms with E-state index >= 15 is 0 Å². The number of halogens is 1. The maximum absolute atomic E-state index is 14.1. The fourth-order valence-corrected chi connectivity index (χ4v) is 3.48. The average Bonchev–Trinajstić information content (AvgIpc) is 2.80. The van der Waals surface area contributed by atoms with E-state index in [1.165, 1.54) is 6.07 Å². The SMILES string of the molecule is CC(N)c1c(F)cccc1N1CCCC2C(=O)NCC21. The van der Waals surface area contributed by atoms with Crippen molar-refractivity contribution >= 4 is 11.6 Å². The smallest absolute Gasteiger partial charge is 0.225 e. The molecule has 3 unspecified atom stereocenters. The van der Waals surface area contributed by atoms with Gasteiger partial charge in [-0.3, -0.25) is 4.79 Å². The van der Waals surface area contributed by atoms with Crippen LogP contribution in [0.15, 0.2) is 18.2 Å². The zero-order valence-corrected chi connectivity index (χ0v) is 11.6. The third-order valence-electron chi connectivity index (χ3n) is 4.40. The van der Waals surface area contributed by atoms with Crippen LogP contribution in [0.1, 0.15) is 31.4 Å². The number of piperidine rings is 1. The predicted octanol–water partition coefficient (Wildman–Crippen LogP) is 1.56. The molecule has 2 heterocycles. The average molecular weight is 277 g/mol. The fraction of sp³-hybridized carbons (Fsp3) is 0.533. The first-order valence-corrected chi connectivity index (χ1v) is 7.18. The first-order chi connectivity index (χ1) is 9.59. The van der Waals surface area contributed by atoms with Crippen LogP contribution in [-0.4, -0.2) is 25.0 Å². The largest absolute Gasteiger partial charge is 0.366 e. The van der Waals surface area contributed by atoms with Gasteiger partial charge in [-0.25, -0.2) is 4.39 Å². The number of anilines is 1. The number of benzene rings is 1. The Morgan fingerprint density at radius 1 is 1.50 bits per heavy atom. The summed E-state index contributed by atoms with van der Waals surface area (Å²) in [5.41, 5.74) is 7.32. The molecule has 1 aromatic carbocycles. The number of carbonyl (C=O) groups is 1. The summed E-state index contributed by atoms with van der Waals surface area (Å²) in [5, 5.41) is 2.92. The van der Waals surface area contributed by atoms with Gasteiger partial charge >= 0.3 is 0 Å². The van der Waals surface area contributed by atoms with Crippen LogP contribution in [-0.2, 0) is 4.79 Å². The summed E-state index contributed by atoms with van der Waals surface area (Å²) >= 11 is 0. The van der Waals surface area contributed by atoms with E-state index in [0.29, 0.717) is 12.1 Å². The second-order valence-corrected chi connectivity index (χ2v) is 5.72. The van der Waals surface area contributed by atoms with Crippen LogP contribution < -0.4 is 16.0 Å². The van der Waals surface area contributed by atoms with Crippen molar-refractivity contribution in [1.29, 1.82) is 0 Å². The highest BCUT2D eigenvalue weighted by Gasteiger charge is 2.41. The van der Waals surface area contributed by atoms with E-state index in [-0.39, 0.29) is 29.7 Å². The Labute approximate surface area is 118 Å². The van der Waals surface area contributed by atoms with E-state index in [0.717, 1.165) is 25.1 Å². The number of hydrogen-bond acceptors (Lipinski definition) is 3. The van der Waals surface area contributed by atoms with Crippen molar-refractivity contribution in [3.8, 4) is 0 Å². The second-order valence-electron chi connectivity index (χ2n) is 5.72. The van der Waals surface area contributed by atoms with Crippen LogP contribution in [0.2, 0.25) is 0 Å². The highest BCUT2D eigenvalue weighted by molar-refractivity contribution is 5.83. The molecule has 3 rings (SSSR count). The molecular formula is C15H20FN3O. The highest BCUT2D eigenvalue weighted by Crippen LogP contribution is 2.35. The molecule has 0 aliphatic carbocycles. The minimum Gasteiger partial charge on any atom is -0.366 e. The summed E-state index contributed by atoms with van der Waals surface area (Å²) in [6.45, 7) is 3.28. The summed E-state index contributed by atoms with van der Waals surface area (Å²) in [6, 6.07) is 4.83. The molecule has 2 fully saturated rings. The topological polar surface area (TPSA) is 58.4 Å². The first kappa shape index (κ1) is 13.4. The molecule has 20 heavy (non-hydrogen) atoms. The third-order valence-corrected chi connectivity index (χ3v) is 4.40. The number of hydrogen-bond donors (Lipinski definition) is 2. The van der Waals surface area contributed by atoms with Crippen molar-refractivity contribution in [2.75, 3.05) is 18.0 Å². The first-order valence-electron chi connectivity index (χ1n) is 7.18. The van der Waals surface area contributed by atoms with Crippen molar-refractivity contribution in [2.24, 2.45) is 11.7 Å². The lowest BCUT2D eigenvalue weighted by molar-refractivity contribution is -0.122. The lowest BCUT2D eigenvalue weighted by Crippen LogP contribution is -2.46. The van der Waals surface area contributed by atoms with Gasteiger partial charge in [-0.15, -0.1) is 0 Å². The summed E-state index contributed by atoms with van der Waals surface area (Å²) in [6.07, 6.45) is 1.86. The molecule has 2 aliphatic rings. The maximum Gasteiger partial charge on any atom is 0.225 e. The van der Waals surface area contributed by atoms with Crippen LogP contribution in [0, 0.1) is 11.7 Å². The number of nitrogens with zero attached hydrogens (tertiary/aromatic N) is 1. The Balaban J connectivity index is 2.00. The van der Waals surface area contributed by atoms with Crippen molar-refractivity contribution in [3.05, 3.63) is 29.6 Å². The third kappa shape index (κ3) is 2.06. The molecular weight excluding hydrogens is 257 g/mol. The quantitative estimate of drug-likeness (QED) is 0.862. The fourth-order valence-electron chi connectivity index (χ4n) is 3.48. The number of carbonyl (C=O) groups excluding carboxylic acids is 1. The van der Waals surface area contributed by atoms with E-state index < -0.39 is 0 Å². The number of nitrogens with one attached hydrogen (secondary N) is 1. The molecule has 4 nitrogen and oxygen atoms in total. The van der Waals surface area contributed by atoms with Crippen LogP contribution in [0.4, 0.5) is 10.1 Å². The van der Waals surface area contributed by atoms with Gasteiger partial charge in [0.25, 0.3) is 0 Å². The van der Waals surface area contributed by atoms with Gasteiger partial charge in [0.05, 0.1) is 12.0 Å². The molecule has 108 valence electrons. The molecule has 1 aromatic rings. The molecule has 0 spiro atoms. The molecule has 2 aliphatic heterocycles. The molecule has 3 atom stereocenters. The van der Waals surface area contributed by atoms with Gasteiger partial charge in [-0.05, 0) is 31.9 Å². The minimum absolute atomic E-state index is 0.0212. The van der Waals surface area contributed by atoms with Crippen LogP contribution in [0.3, 0.4) is 0 Å². The van der Waals surface area contributed by atoms with Gasteiger partial charge in [0.15, 0.2) is 0 Å². The van der Waals surface area contributed by atoms with E-state index in [4.69, 9.17) is 5.73 Å². The lowest BCUT2D eigenvalue weighted by atomic mass is 9.90. The molecule has 1 amide bonds. The number of fused-ring (bicyclic) bond motifs is 1. The van der Waals surface area contributed by atoms with Gasteiger partial charge in [-0.2, -0.15) is 0 Å². The van der Waals surface area contributed by atoms with Crippen LogP contribution in [0.5, 0.6) is 0 Å². The van der Waals surface area contributed by atoms with E-state index in [9.17, 15) is 9.18 Å². The van der Waals surface area contributed by atoms with Gasteiger partial charge in [0.2, 0.25) is 5.91 Å². The van der Waals surface area contributed by atoms with Gasteiger partial charge in [0, 0.05) is 30.4 Å². The summed E-state index contributed by atoms with van der Waals surface area (Å²) in [4.78, 5) is 14.0. The van der Waals surface area contributed by atoms with Gasteiger partial charge in [-0.1, -0.05) is 6.07 Å².